The molecule has 6 rings (SSSR count). The van der Waals surface area contributed by atoms with E-state index in [0.29, 0.717) is 50.5 Å². The summed E-state index contributed by atoms with van der Waals surface area (Å²) in [4.78, 5) is 67.2. The first-order valence-corrected chi connectivity index (χ1v) is 27.2. The lowest BCUT2D eigenvalue weighted by Crippen LogP contribution is -2.65. The van der Waals surface area contributed by atoms with Gasteiger partial charge in [-0.25, -0.2) is 18.6 Å². The summed E-state index contributed by atoms with van der Waals surface area (Å²) in [6.45, 7) is 15.2. The van der Waals surface area contributed by atoms with E-state index in [1.54, 1.807) is 13.3 Å². The second-order valence-corrected chi connectivity index (χ2v) is 24.2. The summed E-state index contributed by atoms with van der Waals surface area (Å²) in [6.07, 6.45) is 4.89. The van der Waals surface area contributed by atoms with Crippen LogP contribution in [0.4, 0.5) is 9.59 Å². The summed E-state index contributed by atoms with van der Waals surface area (Å²) in [5.41, 5.74) is 15.6. The molecule has 3 aliphatic rings. The van der Waals surface area contributed by atoms with Crippen LogP contribution in [0.3, 0.4) is 0 Å². The van der Waals surface area contributed by atoms with Gasteiger partial charge in [-0.15, -0.1) is 11.8 Å². The number of aromatic nitrogens is 2. The van der Waals surface area contributed by atoms with Crippen molar-refractivity contribution in [2.24, 2.45) is 17.1 Å². The molecule has 65 heavy (non-hydrogen) atoms. The predicted molar refractivity (Wildman–Crippen MR) is 257 cm³/mol. The number of methoxy groups -OCH3 is 1. The fourth-order valence-electron chi connectivity index (χ4n) is 8.93. The molecular weight excluding hydrogens is 885 g/mol. The first kappa shape index (κ1) is 50.0. The zero-order valence-electron chi connectivity index (χ0n) is 39.5. The second-order valence-electron chi connectivity index (χ2n) is 18.7. The Bertz CT molecular complexity index is 2400. The summed E-state index contributed by atoms with van der Waals surface area (Å²) in [5, 5.41) is 3.64. The minimum Gasteiger partial charge on any atom is -0.464 e. The van der Waals surface area contributed by atoms with E-state index in [9.17, 15) is 27.6 Å². The van der Waals surface area contributed by atoms with Gasteiger partial charge in [0.2, 0.25) is 11.4 Å². The lowest BCUT2D eigenvalue weighted by Gasteiger charge is -2.42. The van der Waals surface area contributed by atoms with Crippen LogP contribution >= 0.6 is 11.8 Å². The smallest absolute Gasteiger partial charge is 0.324 e. The average Bonchev–Trinajstić information content (AvgIpc) is 3.55. The molecule has 1 unspecified atom stereocenters. The molecule has 4 atom stereocenters. The molecule has 1 radical (unpaired) electrons. The third-order valence-electron chi connectivity index (χ3n) is 12.8. The molecule has 4 bridgehead atoms. The summed E-state index contributed by atoms with van der Waals surface area (Å²) in [6, 6.07) is 8.42. The van der Waals surface area contributed by atoms with Gasteiger partial charge in [0.1, 0.15) is 12.1 Å². The molecule has 4 amide bonds. The van der Waals surface area contributed by atoms with E-state index in [2.05, 4.69) is 53.9 Å². The number of likely N-dealkylation sites (tertiary alicyclic amines) is 1. The Balaban J connectivity index is 1.38. The van der Waals surface area contributed by atoms with Crippen molar-refractivity contribution in [3.8, 4) is 11.3 Å². The molecule has 2 aromatic heterocycles. The lowest BCUT2D eigenvalue weighted by molar-refractivity contribution is -0.151. The number of hydrogen-bond donors (Lipinski definition) is 3. The predicted octanol–water partition coefficient (Wildman–Crippen LogP) is 5.91. The van der Waals surface area contributed by atoms with Gasteiger partial charge in [-0.05, 0) is 92.3 Å². The molecule has 0 aliphatic carbocycles. The van der Waals surface area contributed by atoms with E-state index in [1.807, 2.05) is 45.2 Å². The number of esters is 1. The van der Waals surface area contributed by atoms with E-state index in [0.717, 1.165) is 45.2 Å². The van der Waals surface area contributed by atoms with Gasteiger partial charge in [0.25, 0.3) is 8.96 Å². The molecule has 3 aliphatic heterocycles. The Labute approximate surface area is 390 Å². The number of fused-ring (bicyclic) bond motifs is 3. The maximum absolute atomic E-state index is 14.7. The largest absolute Gasteiger partial charge is 0.464 e. The molecular formula is C46H67N8O8S2Si. The number of carbonyl (C=O) groups excluding carboxylic acids is 4. The van der Waals surface area contributed by atoms with Crippen molar-refractivity contribution in [2.45, 2.75) is 115 Å². The SMILES string of the molecule is CCC1C[Si](NC(=O)[C@H](C(C)C)N(C)C(=O)N2CC(S(C)(=O)=O)C2)C(=O)N2CCC[C@H](N2)C(=O)OCC(C)(C)Cc2c(-c3cccnc3[C@H](C)OC)n(CC)c3ccc(cc23)/C(N)=C/S1. The summed E-state index contributed by atoms with van der Waals surface area (Å²) < 4.78 is 38.4. The third-order valence-corrected chi connectivity index (χ3v) is 18.1. The first-order chi connectivity index (χ1) is 30.7. The number of ether oxygens (including phenoxy) is 2. The van der Waals surface area contributed by atoms with Gasteiger partial charge in [-0.1, -0.05) is 40.7 Å². The van der Waals surface area contributed by atoms with Gasteiger partial charge in [0.05, 0.1) is 29.3 Å². The zero-order chi connectivity index (χ0) is 47.5. The maximum atomic E-state index is 14.7. The molecule has 5 heterocycles. The van der Waals surface area contributed by atoms with Crippen molar-refractivity contribution in [1.82, 2.24) is 34.8 Å². The summed E-state index contributed by atoms with van der Waals surface area (Å²) in [5.74, 6) is -1.27. The highest BCUT2D eigenvalue weighted by Crippen LogP contribution is 2.41. The fraction of sp³-hybridized carbons (Fsp3) is 0.587. The van der Waals surface area contributed by atoms with Crippen LogP contribution in [0.15, 0.2) is 41.9 Å². The van der Waals surface area contributed by atoms with Crippen molar-refractivity contribution in [2.75, 3.05) is 46.7 Å². The number of cyclic esters (lactones) is 1. The number of likely N-dealkylation sites (N-methyl/N-ethyl adjacent to an activating group) is 1. The molecule has 0 spiro atoms. The number of rotatable bonds is 10. The van der Waals surface area contributed by atoms with Crippen LogP contribution in [0, 0.1) is 11.3 Å². The number of nitrogens with one attached hydrogen (secondary N) is 2. The van der Waals surface area contributed by atoms with Crippen LogP contribution in [0.5, 0.6) is 0 Å². The average molecular weight is 952 g/mol. The number of benzene rings is 1. The number of amides is 4. The van der Waals surface area contributed by atoms with E-state index in [1.165, 1.54) is 33.6 Å². The van der Waals surface area contributed by atoms with Gasteiger partial charge >= 0.3 is 12.0 Å². The summed E-state index contributed by atoms with van der Waals surface area (Å²) >= 11 is 1.51. The number of nitrogens with two attached hydrogens (primary N) is 1. The zero-order valence-corrected chi connectivity index (χ0v) is 42.1. The van der Waals surface area contributed by atoms with E-state index < -0.39 is 59.5 Å². The minimum atomic E-state index is -3.31. The minimum absolute atomic E-state index is 0.0533. The van der Waals surface area contributed by atoms with Crippen LogP contribution in [-0.4, -0.2) is 134 Å². The molecule has 16 nitrogen and oxygen atoms in total. The van der Waals surface area contributed by atoms with Gasteiger partial charge in [0, 0.05) is 85.6 Å². The Hall–Kier alpha value is -4.43. The van der Waals surface area contributed by atoms with Crippen LogP contribution < -0.4 is 16.1 Å². The van der Waals surface area contributed by atoms with Gasteiger partial charge in [-0.3, -0.25) is 24.4 Å². The number of pyridine rings is 1. The molecule has 19 heteroatoms. The second kappa shape index (κ2) is 20.6. The molecule has 0 saturated carbocycles. The maximum Gasteiger partial charge on any atom is 0.324 e. The molecule has 3 aromatic rings. The Morgan fingerprint density at radius 1 is 1.17 bits per heavy atom. The van der Waals surface area contributed by atoms with Crippen LogP contribution in [0.2, 0.25) is 6.04 Å². The van der Waals surface area contributed by atoms with Crippen LogP contribution in [-0.2, 0) is 41.9 Å². The molecule has 2 fully saturated rings. The highest BCUT2D eigenvalue weighted by Gasteiger charge is 2.43. The Morgan fingerprint density at radius 2 is 1.89 bits per heavy atom. The number of aryl methyl sites for hydroxylation is 1. The normalized spacial score (nSPS) is 22.3. The van der Waals surface area contributed by atoms with E-state index >= 15 is 0 Å². The van der Waals surface area contributed by atoms with Crippen molar-refractivity contribution in [3.05, 3.63) is 58.8 Å². The van der Waals surface area contributed by atoms with Gasteiger partial charge in [-0.2, -0.15) is 0 Å². The van der Waals surface area contributed by atoms with Crippen molar-refractivity contribution in [3.63, 3.8) is 0 Å². The number of sulfone groups is 1. The fourth-order valence-corrected chi connectivity index (χ4v) is 13.5. The van der Waals surface area contributed by atoms with E-state index in [-0.39, 0.29) is 42.5 Å². The van der Waals surface area contributed by atoms with E-state index in [4.69, 9.17) is 20.2 Å². The number of thioether (sulfide) groups is 1. The number of carbonyl (C=O) groups is 4. The standard InChI is InChI=1S/C46H67N8O8S2Si/c1-11-31-26-65(50-42(55)40(28(3)4)51(8)44(57)52-23-32(24-52)64(10,59)60)45(58)54-20-14-16-37(49-54)43(56)62-27-46(6,7)22-35-34-21-30(36(47)25-63-31)17-18-38(34)53(12-2)41(35)33-15-13-19-48-39(33)29(5)61-9/h13,15,17-19,21,25,28-29,31-32,37,40,49H,11-12,14,16,20,22-24,26-27,47H2,1-10H3,(H,50,55)/b36-25-/t29-,31?,37-,40-/m0/s1. The van der Waals surface area contributed by atoms with Gasteiger partial charge in [0.15, 0.2) is 9.84 Å². The molecule has 4 N–H and O–H groups in total. The molecule has 1 aromatic carbocycles. The third kappa shape index (κ3) is 11.1. The van der Waals surface area contributed by atoms with Crippen LogP contribution in [0.1, 0.15) is 90.7 Å². The first-order valence-electron chi connectivity index (χ1n) is 22.6. The number of hydrogen-bond acceptors (Lipinski definition) is 12. The highest BCUT2D eigenvalue weighted by atomic mass is 32.2. The lowest BCUT2D eigenvalue weighted by atomic mass is 9.84. The topological polar surface area (TPSA) is 198 Å². The number of urea groups is 1. The number of hydrazine groups is 1. The number of nitrogens with zero attached hydrogens (tertiary/aromatic N) is 5. The van der Waals surface area contributed by atoms with Gasteiger partial charge < -0.3 is 34.6 Å². The highest BCUT2D eigenvalue weighted by molar-refractivity contribution is 8.03. The van der Waals surface area contributed by atoms with Crippen molar-refractivity contribution in [1.29, 1.82) is 0 Å². The van der Waals surface area contributed by atoms with Crippen LogP contribution in [0.25, 0.3) is 27.9 Å². The van der Waals surface area contributed by atoms with Crippen molar-refractivity contribution >= 4 is 70.6 Å². The monoisotopic (exact) mass is 951 g/mol. The Morgan fingerprint density at radius 3 is 2.54 bits per heavy atom. The Kier molecular flexibility index (Phi) is 15.9. The quantitative estimate of drug-likeness (QED) is 0.161. The summed E-state index contributed by atoms with van der Waals surface area (Å²) in [7, 11) is -2.54. The molecule has 2 saturated heterocycles. The molecule has 355 valence electrons. The van der Waals surface area contributed by atoms with Crippen molar-refractivity contribution < 1.29 is 37.1 Å².